The Labute approximate surface area is 161 Å². The van der Waals surface area contributed by atoms with Crippen LogP contribution in [0.15, 0.2) is 42.9 Å². The van der Waals surface area contributed by atoms with Crippen LogP contribution in [0.4, 0.5) is 5.82 Å². The van der Waals surface area contributed by atoms with E-state index in [4.69, 9.17) is 16.6 Å². The minimum absolute atomic E-state index is 0.420. The van der Waals surface area contributed by atoms with E-state index in [9.17, 15) is 0 Å². The first kappa shape index (κ1) is 15.5. The number of piperidine rings is 1. The number of nitrogens with zero attached hydrogens (tertiary/aromatic N) is 4. The molecule has 2 fully saturated rings. The molecule has 1 aromatic carbocycles. The number of halogens is 1. The first-order chi connectivity index (χ1) is 13.3. The van der Waals surface area contributed by atoms with E-state index in [1.807, 2.05) is 28.9 Å². The van der Waals surface area contributed by atoms with E-state index in [-0.39, 0.29) is 0 Å². The molecule has 0 aliphatic carbocycles. The molecule has 2 bridgehead atoms. The van der Waals surface area contributed by atoms with Gasteiger partial charge in [0.05, 0.1) is 0 Å². The molecule has 6 rings (SSSR count). The Balaban J connectivity index is 1.50. The van der Waals surface area contributed by atoms with Crippen LogP contribution in [0.2, 0.25) is 5.15 Å². The lowest BCUT2D eigenvalue weighted by Gasteiger charge is -2.24. The largest absolute Gasteiger partial charge is 0.363 e. The zero-order chi connectivity index (χ0) is 18.0. The van der Waals surface area contributed by atoms with E-state index in [0.29, 0.717) is 17.1 Å². The van der Waals surface area contributed by atoms with Crippen molar-refractivity contribution in [1.29, 1.82) is 0 Å². The molecule has 7 heteroatoms. The van der Waals surface area contributed by atoms with Gasteiger partial charge in [0.25, 0.3) is 0 Å². The summed E-state index contributed by atoms with van der Waals surface area (Å²) in [6.45, 7) is 3.48. The van der Waals surface area contributed by atoms with Gasteiger partial charge in [0.2, 0.25) is 0 Å². The van der Waals surface area contributed by atoms with Gasteiger partial charge in [0.15, 0.2) is 11.5 Å². The molecular formula is C20H19ClN6. The van der Waals surface area contributed by atoms with E-state index in [1.54, 1.807) is 6.20 Å². The van der Waals surface area contributed by atoms with Crippen molar-refractivity contribution < 1.29 is 0 Å². The van der Waals surface area contributed by atoms with Gasteiger partial charge in [-0.05, 0) is 24.9 Å². The van der Waals surface area contributed by atoms with Gasteiger partial charge in [0, 0.05) is 54.2 Å². The lowest BCUT2D eigenvalue weighted by Crippen LogP contribution is -2.34. The Kier molecular flexibility index (Phi) is 3.28. The third kappa shape index (κ3) is 2.30. The van der Waals surface area contributed by atoms with Crippen molar-refractivity contribution in [2.45, 2.75) is 12.5 Å². The molecule has 0 spiro atoms. The van der Waals surface area contributed by atoms with Crippen LogP contribution in [0.3, 0.4) is 0 Å². The number of aromatic amines is 1. The predicted molar refractivity (Wildman–Crippen MR) is 107 cm³/mol. The van der Waals surface area contributed by atoms with E-state index in [0.717, 1.165) is 40.2 Å². The third-order valence-corrected chi connectivity index (χ3v) is 6.34. The van der Waals surface area contributed by atoms with Crippen molar-refractivity contribution in [1.82, 2.24) is 24.3 Å². The highest BCUT2D eigenvalue weighted by molar-refractivity contribution is 6.32. The van der Waals surface area contributed by atoms with E-state index in [2.05, 4.69) is 32.3 Å². The Morgan fingerprint density at radius 2 is 2.15 bits per heavy atom. The fourth-order valence-corrected chi connectivity index (χ4v) is 4.90. The smallest absolute Gasteiger partial charge is 0.181 e. The maximum Gasteiger partial charge on any atom is 0.181 e. The van der Waals surface area contributed by atoms with Crippen LogP contribution < -0.4 is 5.32 Å². The molecule has 2 aliphatic rings. The number of hydrogen-bond acceptors (Lipinski definition) is 4. The van der Waals surface area contributed by atoms with Gasteiger partial charge >= 0.3 is 0 Å². The summed E-state index contributed by atoms with van der Waals surface area (Å²) in [6, 6.07) is 8.63. The van der Waals surface area contributed by atoms with Gasteiger partial charge in [0.1, 0.15) is 10.8 Å². The Morgan fingerprint density at radius 1 is 1.22 bits per heavy atom. The number of anilines is 1. The first-order valence-electron chi connectivity index (χ1n) is 9.36. The number of fused-ring (bicyclic) bond motifs is 4. The number of aromatic nitrogens is 4. The monoisotopic (exact) mass is 378 g/mol. The molecule has 4 aromatic rings. The molecule has 2 aliphatic heterocycles. The van der Waals surface area contributed by atoms with Gasteiger partial charge in [-0.3, -0.25) is 4.40 Å². The summed E-state index contributed by atoms with van der Waals surface area (Å²) < 4.78 is 1.92. The molecule has 6 nitrogen and oxygen atoms in total. The Morgan fingerprint density at radius 3 is 3.00 bits per heavy atom. The maximum absolute atomic E-state index is 6.74. The summed E-state index contributed by atoms with van der Waals surface area (Å²) in [6.07, 6.45) is 6.91. The number of nitrogens with one attached hydrogen (secondary N) is 2. The molecular weight excluding hydrogens is 360 g/mol. The second kappa shape index (κ2) is 5.71. The highest BCUT2D eigenvalue weighted by Gasteiger charge is 2.38. The molecule has 136 valence electrons. The third-order valence-electron chi connectivity index (χ3n) is 5.98. The van der Waals surface area contributed by atoms with Crippen LogP contribution >= 0.6 is 11.6 Å². The molecule has 3 aromatic heterocycles. The van der Waals surface area contributed by atoms with Crippen molar-refractivity contribution >= 4 is 34.0 Å². The molecule has 3 atom stereocenters. The van der Waals surface area contributed by atoms with Crippen molar-refractivity contribution in [3.05, 3.63) is 48.0 Å². The van der Waals surface area contributed by atoms with E-state index < -0.39 is 0 Å². The molecule has 3 unspecified atom stereocenters. The summed E-state index contributed by atoms with van der Waals surface area (Å²) >= 11 is 6.74. The minimum Gasteiger partial charge on any atom is -0.363 e. The van der Waals surface area contributed by atoms with Crippen LogP contribution in [0.1, 0.15) is 6.42 Å². The van der Waals surface area contributed by atoms with Gasteiger partial charge < -0.3 is 15.2 Å². The molecule has 0 amide bonds. The van der Waals surface area contributed by atoms with Crippen LogP contribution in [0, 0.1) is 5.92 Å². The first-order valence-corrected chi connectivity index (χ1v) is 9.73. The minimum atomic E-state index is 0.420. The second-order valence-electron chi connectivity index (χ2n) is 7.53. The average molecular weight is 379 g/mol. The number of hydrogen-bond donors (Lipinski definition) is 2. The SMILES string of the molecule is Clc1c(-c2c[nH]c3ccccc23)nc(NC2CN3CCC2C3)c2nccn12. The predicted octanol–water partition coefficient (Wildman–Crippen LogP) is 3.65. The van der Waals surface area contributed by atoms with Gasteiger partial charge in [-0.25, -0.2) is 9.97 Å². The van der Waals surface area contributed by atoms with Gasteiger partial charge in [-0.15, -0.1) is 0 Å². The number of imidazole rings is 1. The van der Waals surface area contributed by atoms with Crippen LogP contribution in [-0.2, 0) is 0 Å². The summed E-state index contributed by atoms with van der Waals surface area (Å²) in [5, 5.41) is 5.37. The standard InChI is InChI=1S/C20H19ClN6/c21-18-17(14-9-23-15-4-2-1-3-13(14)15)25-19(20-22-6-8-27(18)20)24-16-11-26-7-5-12(16)10-26/h1-4,6,8-9,12,16,23H,5,7,10-11H2,(H,24,25). The Hall–Kier alpha value is -2.57. The number of benzene rings is 1. The topological polar surface area (TPSA) is 61.2 Å². The second-order valence-corrected chi connectivity index (χ2v) is 7.89. The van der Waals surface area contributed by atoms with E-state index in [1.165, 1.54) is 19.5 Å². The number of H-pyrrole nitrogens is 1. The lowest BCUT2D eigenvalue weighted by atomic mass is 10.0. The summed E-state index contributed by atoms with van der Waals surface area (Å²) in [7, 11) is 0. The highest BCUT2D eigenvalue weighted by atomic mass is 35.5. The van der Waals surface area contributed by atoms with Crippen LogP contribution in [0.5, 0.6) is 0 Å². The molecule has 0 radical (unpaired) electrons. The maximum atomic E-state index is 6.74. The highest BCUT2D eigenvalue weighted by Crippen LogP contribution is 2.36. The molecule has 2 saturated heterocycles. The fraction of sp³-hybridized carbons (Fsp3) is 0.300. The van der Waals surface area contributed by atoms with Crippen molar-refractivity contribution in [2.75, 3.05) is 25.0 Å². The quantitative estimate of drug-likeness (QED) is 0.571. The lowest BCUT2D eigenvalue weighted by molar-refractivity contribution is 0.355. The Bertz CT molecular complexity index is 1160. The fourth-order valence-electron chi connectivity index (χ4n) is 4.62. The summed E-state index contributed by atoms with van der Waals surface area (Å²) in [4.78, 5) is 15.3. The zero-order valence-corrected chi connectivity index (χ0v) is 15.4. The summed E-state index contributed by atoms with van der Waals surface area (Å²) in [5.74, 6) is 1.50. The number of para-hydroxylation sites is 1. The van der Waals surface area contributed by atoms with E-state index >= 15 is 0 Å². The van der Waals surface area contributed by atoms with Gasteiger partial charge in [-0.2, -0.15) is 0 Å². The molecule has 2 N–H and O–H groups in total. The molecule has 0 saturated carbocycles. The average Bonchev–Trinajstić information content (AvgIpc) is 3.47. The molecule has 5 heterocycles. The van der Waals surface area contributed by atoms with Crippen LogP contribution in [-0.4, -0.2) is 49.9 Å². The van der Waals surface area contributed by atoms with Crippen LogP contribution in [0.25, 0.3) is 27.8 Å². The van der Waals surface area contributed by atoms with Crippen molar-refractivity contribution in [3.8, 4) is 11.3 Å². The normalized spacial score (nSPS) is 24.3. The number of rotatable bonds is 3. The van der Waals surface area contributed by atoms with Crippen molar-refractivity contribution in [3.63, 3.8) is 0 Å². The van der Waals surface area contributed by atoms with Crippen molar-refractivity contribution in [2.24, 2.45) is 5.92 Å². The zero-order valence-electron chi connectivity index (χ0n) is 14.7. The van der Waals surface area contributed by atoms with Gasteiger partial charge in [-0.1, -0.05) is 29.8 Å². The molecule has 27 heavy (non-hydrogen) atoms. The summed E-state index contributed by atoms with van der Waals surface area (Å²) in [5.41, 5.74) is 3.63.